The van der Waals surface area contributed by atoms with E-state index in [1.807, 2.05) is 6.07 Å². The van der Waals surface area contributed by atoms with Crippen molar-refractivity contribution in [3.63, 3.8) is 0 Å². The van der Waals surface area contributed by atoms with Crippen LogP contribution in [0.5, 0.6) is 0 Å². The second-order valence-corrected chi connectivity index (χ2v) is 9.36. The summed E-state index contributed by atoms with van der Waals surface area (Å²) >= 11 is 25.1. The molecule has 3 rings (SSSR count). The first-order valence-electron chi connectivity index (χ1n) is 8.40. The normalized spacial score (nSPS) is 24.6. The summed E-state index contributed by atoms with van der Waals surface area (Å²) in [6.45, 7) is 2.36. The number of hydrogen-bond donors (Lipinski definition) is 1. The molecular weight excluding hydrogens is 466 g/mol. The van der Waals surface area contributed by atoms with E-state index in [1.54, 1.807) is 37.3 Å². The third-order valence-corrected chi connectivity index (χ3v) is 6.28. The van der Waals surface area contributed by atoms with Crippen molar-refractivity contribution in [2.45, 2.75) is 37.3 Å². The van der Waals surface area contributed by atoms with Crippen LogP contribution in [0, 0.1) is 0 Å². The van der Waals surface area contributed by atoms with Gasteiger partial charge in [-0.25, -0.2) is 0 Å². The maximum Gasteiger partial charge on any atom is 0.161 e. The number of aliphatic hydroxyl groups is 1. The largest absolute Gasteiger partial charge is 0.375 e. The first kappa shape index (κ1) is 22.5. The SMILES string of the molecule is C[C@]1(O)SO[C@H](COCc2ccc(Cl)cc2Cl)[C@H]1OCc1ccc(Cl)cc1Cl. The van der Waals surface area contributed by atoms with Gasteiger partial charge >= 0.3 is 0 Å². The fourth-order valence-corrected chi connectivity index (χ4v) is 4.44. The molecule has 2 aromatic rings. The van der Waals surface area contributed by atoms with Crippen LogP contribution in [0.1, 0.15) is 18.1 Å². The van der Waals surface area contributed by atoms with Gasteiger partial charge in [0.2, 0.25) is 0 Å². The zero-order chi connectivity index (χ0) is 20.3. The van der Waals surface area contributed by atoms with Crippen LogP contribution in [0.25, 0.3) is 0 Å². The van der Waals surface area contributed by atoms with Gasteiger partial charge in [-0.1, -0.05) is 58.5 Å². The zero-order valence-corrected chi connectivity index (χ0v) is 18.7. The summed E-state index contributed by atoms with van der Waals surface area (Å²) in [5, 5.41) is 12.7. The lowest BCUT2D eigenvalue weighted by Crippen LogP contribution is -2.42. The molecule has 0 radical (unpaired) electrons. The second-order valence-electron chi connectivity index (χ2n) is 6.49. The number of benzene rings is 2. The zero-order valence-electron chi connectivity index (χ0n) is 14.8. The summed E-state index contributed by atoms with van der Waals surface area (Å²) in [4.78, 5) is -1.22. The van der Waals surface area contributed by atoms with Crippen LogP contribution < -0.4 is 0 Å². The van der Waals surface area contributed by atoms with Crippen LogP contribution in [-0.2, 0) is 26.9 Å². The summed E-state index contributed by atoms with van der Waals surface area (Å²) in [5.41, 5.74) is 1.58. The summed E-state index contributed by atoms with van der Waals surface area (Å²) in [7, 11) is 0. The molecule has 0 aliphatic carbocycles. The van der Waals surface area contributed by atoms with Crippen molar-refractivity contribution in [2.75, 3.05) is 6.61 Å². The van der Waals surface area contributed by atoms with Gasteiger partial charge in [0, 0.05) is 32.1 Å². The van der Waals surface area contributed by atoms with E-state index in [0.29, 0.717) is 26.7 Å². The highest BCUT2D eigenvalue weighted by Crippen LogP contribution is 2.41. The predicted molar refractivity (Wildman–Crippen MR) is 114 cm³/mol. The van der Waals surface area contributed by atoms with Crippen LogP contribution >= 0.6 is 58.4 Å². The molecule has 1 saturated heterocycles. The molecule has 1 fully saturated rings. The molecule has 0 spiro atoms. The Morgan fingerprint density at radius 3 is 2.14 bits per heavy atom. The van der Waals surface area contributed by atoms with Gasteiger partial charge in [0.25, 0.3) is 0 Å². The Kier molecular flexibility index (Phi) is 7.81. The molecule has 0 amide bonds. The highest BCUT2D eigenvalue weighted by Gasteiger charge is 2.48. The van der Waals surface area contributed by atoms with Crippen molar-refractivity contribution in [3.05, 3.63) is 67.6 Å². The molecule has 4 nitrogen and oxygen atoms in total. The van der Waals surface area contributed by atoms with E-state index in [9.17, 15) is 5.11 Å². The molecule has 1 aliphatic heterocycles. The Bertz CT molecular complexity index is 834. The van der Waals surface area contributed by atoms with Crippen LogP contribution in [0.4, 0.5) is 0 Å². The summed E-state index contributed by atoms with van der Waals surface area (Å²) in [6, 6.07) is 10.4. The highest BCUT2D eigenvalue weighted by atomic mass is 35.5. The van der Waals surface area contributed by atoms with Crippen molar-refractivity contribution >= 4 is 58.4 Å². The predicted octanol–water partition coefficient (Wildman–Crippen LogP) is 6.16. The molecule has 1 heterocycles. The second kappa shape index (κ2) is 9.73. The van der Waals surface area contributed by atoms with E-state index in [4.69, 9.17) is 60.1 Å². The molecule has 0 unspecified atom stereocenters. The molecule has 152 valence electrons. The van der Waals surface area contributed by atoms with E-state index in [1.165, 1.54) is 0 Å². The van der Waals surface area contributed by atoms with E-state index >= 15 is 0 Å². The Morgan fingerprint density at radius 2 is 1.57 bits per heavy atom. The van der Waals surface area contributed by atoms with Crippen LogP contribution in [0.15, 0.2) is 36.4 Å². The lowest BCUT2D eigenvalue weighted by Gasteiger charge is -2.26. The maximum atomic E-state index is 10.6. The van der Waals surface area contributed by atoms with Gasteiger partial charge in [0.05, 0.1) is 19.8 Å². The van der Waals surface area contributed by atoms with Gasteiger partial charge in [0.1, 0.15) is 12.2 Å². The number of rotatable bonds is 7. The number of ether oxygens (including phenoxy) is 2. The molecule has 28 heavy (non-hydrogen) atoms. The molecule has 2 aromatic carbocycles. The van der Waals surface area contributed by atoms with Crippen LogP contribution in [-0.4, -0.2) is 28.9 Å². The van der Waals surface area contributed by atoms with Gasteiger partial charge in [0.15, 0.2) is 4.93 Å². The summed E-state index contributed by atoms with van der Waals surface area (Å²) in [5.74, 6) is 0. The first-order valence-corrected chi connectivity index (χ1v) is 10.7. The van der Waals surface area contributed by atoms with Crippen molar-refractivity contribution in [1.29, 1.82) is 0 Å². The fraction of sp³-hybridized carbons (Fsp3) is 0.368. The quantitative estimate of drug-likeness (QED) is 0.478. The van der Waals surface area contributed by atoms with Gasteiger partial charge in [-0.2, -0.15) is 0 Å². The average Bonchev–Trinajstić information content (AvgIpc) is 2.90. The third kappa shape index (κ3) is 5.69. The Labute approximate surface area is 188 Å². The standard InChI is InChI=1S/C19H18Cl4O4S/c1-19(24)18(26-9-12-3-5-14(21)7-16(12)23)17(27-28-19)10-25-8-11-2-4-13(20)6-15(11)22/h2-7,17-18,24H,8-10H2,1H3/t17-,18-,19+/m1/s1. The van der Waals surface area contributed by atoms with Crippen LogP contribution in [0.2, 0.25) is 20.1 Å². The number of hydrogen-bond acceptors (Lipinski definition) is 5. The third-order valence-electron chi connectivity index (χ3n) is 4.19. The van der Waals surface area contributed by atoms with Crippen molar-refractivity contribution < 1.29 is 18.8 Å². The summed E-state index contributed by atoms with van der Waals surface area (Å²) in [6.07, 6.45) is -1.07. The highest BCUT2D eigenvalue weighted by molar-refractivity contribution is 7.96. The molecule has 1 aliphatic rings. The minimum atomic E-state index is -1.22. The Hall–Kier alpha value is -0.210. The van der Waals surface area contributed by atoms with E-state index in [-0.39, 0.29) is 13.2 Å². The van der Waals surface area contributed by atoms with Crippen molar-refractivity contribution in [1.82, 2.24) is 0 Å². The molecule has 0 bridgehead atoms. The Balaban J connectivity index is 1.58. The molecule has 1 N–H and O–H groups in total. The molecule has 0 aromatic heterocycles. The maximum absolute atomic E-state index is 10.6. The fourth-order valence-electron chi connectivity index (χ4n) is 2.72. The van der Waals surface area contributed by atoms with Gasteiger partial charge in [-0.05, 0) is 42.3 Å². The van der Waals surface area contributed by atoms with Crippen LogP contribution in [0.3, 0.4) is 0 Å². The lowest BCUT2D eigenvalue weighted by molar-refractivity contribution is -0.0989. The monoisotopic (exact) mass is 482 g/mol. The smallest absolute Gasteiger partial charge is 0.161 e. The van der Waals surface area contributed by atoms with Crippen molar-refractivity contribution in [3.8, 4) is 0 Å². The van der Waals surface area contributed by atoms with E-state index < -0.39 is 17.1 Å². The van der Waals surface area contributed by atoms with Gasteiger partial charge < -0.3 is 18.8 Å². The summed E-state index contributed by atoms with van der Waals surface area (Å²) < 4.78 is 17.3. The van der Waals surface area contributed by atoms with E-state index in [0.717, 1.165) is 23.2 Å². The topological polar surface area (TPSA) is 47.9 Å². The van der Waals surface area contributed by atoms with E-state index in [2.05, 4.69) is 0 Å². The lowest BCUT2D eigenvalue weighted by atomic mass is 10.1. The number of halogens is 4. The Morgan fingerprint density at radius 1 is 1.00 bits per heavy atom. The minimum Gasteiger partial charge on any atom is -0.375 e. The average molecular weight is 484 g/mol. The first-order chi connectivity index (χ1) is 13.3. The van der Waals surface area contributed by atoms with Gasteiger partial charge in [-0.3, -0.25) is 0 Å². The molecule has 0 saturated carbocycles. The van der Waals surface area contributed by atoms with Crippen molar-refractivity contribution in [2.24, 2.45) is 0 Å². The molecular formula is C19H18Cl4O4S. The minimum absolute atomic E-state index is 0.209. The van der Waals surface area contributed by atoms with Gasteiger partial charge in [-0.15, -0.1) is 0 Å². The molecule has 9 heteroatoms. The molecule has 3 atom stereocenters.